The van der Waals surface area contributed by atoms with E-state index in [2.05, 4.69) is 26.6 Å². The molecule has 0 radical (unpaired) electrons. The molecule has 2 rings (SSSR count). The largest absolute Gasteiger partial charge is 0.322 e. The van der Waals surface area contributed by atoms with E-state index in [0.29, 0.717) is 13.0 Å². The van der Waals surface area contributed by atoms with Gasteiger partial charge in [0.15, 0.2) is 5.82 Å². The van der Waals surface area contributed by atoms with Crippen LogP contribution in [-0.2, 0) is 4.79 Å². The number of benzene rings is 1. The lowest BCUT2D eigenvalue weighted by Crippen LogP contribution is -2.47. The maximum atomic E-state index is 13.8. The summed E-state index contributed by atoms with van der Waals surface area (Å²) in [6.45, 7) is 3.42. The Morgan fingerprint density at radius 2 is 2.25 bits per heavy atom. The Bertz CT molecular complexity index is 493. The van der Waals surface area contributed by atoms with Gasteiger partial charge in [0.05, 0.1) is 11.1 Å². The minimum Gasteiger partial charge on any atom is -0.322 e. The second kappa shape index (κ2) is 6.18. The first kappa shape index (κ1) is 15.4. The molecular formula is C14H17BrF2N2O. The van der Waals surface area contributed by atoms with Gasteiger partial charge in [-0.25, -0.2) is 8.78 Å². The normalized spacial score (nSPS) is 22.6. The number of halogens is 3. The SMILES string of the molecule is CCC1(C(=O)Nc2c(F)cc(F)cc2Br)CCCNC1. The molecule has 0 saturated carbocycles. The van der Waals surface area contributed by atoms with Gasteiger partial charge in [-0.05, 0) is 47.8 Å². The molecule has 1 unspecified atom stereocenters. The molecule has 20 heavy (non-hydrogen) atoms. The summed E-state index contributed by atoms with van der Waals surface area (Å²) < 4.78 is 27.0. The highest BCUT2D eigenvalue weighted by Gasteiger charge is 2.38. The van der Waals surface area contributed by atoms with Crippen LogP contribution in [-0.4, -0.2) is 19.0 Å². The van der Waals surface area contributed by atoms with E-state index in [9.17, 15) is 13.6 Å². The molecule has 110 valence electrons. The lowest BCUT2D eigenvalue weighted by atomic mass is 9.77. The van der Waals surface area contributed by atoms with Gasteiger partial charge in [-0.3, -0.25) is 4.79 Å². The fourth-order valence-electron chi connectivity index (χ4n) is 2.53. The summed E-state index contributed by atoms with van der Waals surface area (Å²) in [5.41, 5.74) is -0.534. The van der Waals surface area contributed by atoms with Crippen LogP contribution in [0, 0.1) is 17.0 Å². The van der Waals surface area contributed by atoms with E-state index >= 15 is 0 Å². The lowest BCUT2D eigenvalue weighted by Gasteiger charge is -2.35. The van der Waals surface area contributed by atoms with Gasteiger partial charge in [-0.2, -0.15) is 0 Å². The van der Waals surface area contributed by atoms with Crippen LogP contribution in [0.1, 0.15) is 26.2 Å². The monoisotopic (exact) mass is 346 g/mol. The summed E-state index contributed by atoms with van der Waals surface area (Å²) in [6, 6.07) is 1.90. The highest BCUT2D eigenvalue weighted by atomic mass is 79.9. The van der Waals surface area contributed by atoms with E-state index in [-0.39, 0.29) is 16.1 Å². The van der Waals surface area contributed by atoms with Crippen molar-refractivity contribution >= 4 is 27.5 Å². The summed E-state index contributed by atoms with van der Waals surface area (Å²) in [6.07, 6.45) is 2.35. The zero-order chi connectivity index (χ0) is 14.8. The molecule has 0 aliphatic carbocycles. The third kappa shape index (κ3) is 3.01. The first-order valence-corrected chi connectivity index (χ1v) is 7.44. The molecule has 1 aromatic carbocycles. The van der Waals surface area contributed by atoms with Crippen molar-refractivity contribution in [1.82, 2.24) is 5.32 Å². The topological polar surface area (TPSA) is 41.1 Å². The molecule has 0 aromatic heterocycles. The van der Waals surface area contributed by atoms with Gasteiger partial charge in [0.25, 0.3) is 0 Å². The summed E-state index contributed by atoms with van der Waals surface area (Å²) in [5.74, 6) is -1.68. The third-order valence-electron chi connectivity index (χ3n) is 3.88. The number of piperidine rings is 1. The second-order valence-corrected chi connectivity index (χ2v) is 5.97. The average Bonchev–Trinajstić information content (AvgIpc) is 2.43. The highest BCUT2D eigenvalue weighted by Crippen LogP contribution is 2.34. The van der Waals surface area contributed by atoms with Crippen molar-refractivity contribution in [2.24, 2.45) is 5.41 Å². The number of hydrogen-bond acceptors (Lipinski definition) is 2. The number of hydrogen-bond donors (Lipinski definition) is 2. The van der Waals surface area contributed by atoms with Crippen molar-refractivity contribution < 1.29 is 13.6 Å². The molecule has 1 aromatic rings. The van der Waals surface area contributed by atoms with E-state index < -0.39 is 17.0 Å². The fraction of sp³-hybridized carbons (Fsp3) is 0.500. The van der Waals surface area contributed by atoms with Crippen LogP contribution in [0.4, 0.5) is 14.5 Å². The van der Waals surface area contributed by atoms with E-state index in [4.69, 9.17) is 0 Å². The van der Waals surface area contributed by atoms with Crippen molar-refractivity contribution in [3.05, 3.63) is 28.2 Å². The summed E-state index contributed by atoms with van der Waals surface area (Å²) in [7, 11) is 0. The Morgan fingerprint density at radius 1 is 1.50 bits per heavy atom. The molecule has 1 heterocycles. The standard InChI is InChI=1S/C14H17BrF2N2O/c1-2-14(4-3-5-18-8-14)13(20)19-12-10(15)6-9(16)7-11(12)17/h6-7,18H,2-5,8H2,1H3,(H,19,20). The Labute approximate surface area is 125 Å². The second-order valence-electron chi connectivity index (χ2n) is 5.11. The van der Waals surface area contributed by atoms with Crippen LogP contribution < -0.4 is 10.6 Å². The number of rotatable bonds is 3. The van der Waals surface area contributed by atoms with Crippen molar-refractivity contribution in [3.63, 3.8) is 0 Å². The summed E-state index contributed by atoms with van der Waals surface area (Å²) in [5, 5.41) is 5.81. The molecule has 1 fully saturated rings. The van der Waals surface area contributed by atoms with Crippen LogP contribution in [0.2, 0.25) is 0 Å². The predicted molar refractivity (Wildman–Crippen MR) is 77.5 cm³/mol. The lowest BCUT2D eigenvalue weighted by molar-refractivity contribution is -0.126. The number of carbonyl (C=O) groups excluding carboxylic acids is 1. The molecule has 1 aliphatic rings. The van der Waals surface area contributed by atoms with Crippen LogP contribution in [0.3, 0.4) is 0 Å². The van der Waals surface area contributed by atoms with Crippen LogP contribution in [0.15, 0.2) is 16.6 Å². The van der Waals surface area contributed by atoms with E-state index in [1.807, 2.05) is 6.92 Å². The fourth-order valence-corrected chi connectivity index (χ4v) is 3.04. The van der Waals surface area contributed by atoms with Crippen molar-refractivity contribution in [2.75, 3.05) is 18.4 Å². The van der Waals surface area contributed by atoms with Gasteiger partial charge < -0.3 is 10.6 Å². The Morgan fingerprint density at radius 3 is 2.80 bits per heavy atom. The molecule has 3 nitrogen and oxygen atoms in total. The maximum absolute atomic E-state index is 13.8. The minimum absolute atomic E-state index is 0.00482. The first-order chi connectivity index (χ1) is 9.48. The zero-order valence-electron chi connectivity index (χ0n) is 11.2. The number of carbonyl (C=O) groups is 1. The molecule has 1 saturated heterocycles. The maximum Gasteiger partial charge on any atom is 0.231 e. The van der Waals surface area contributed by atoms with Gasteiger partial charge >= 0.3 is 0 Å². The quantitative estimate of drug-likeness (QED) is 0.880. The van der Waals surface area contributed by atoms with Crippen molar-refractivity contribution in [3.8, 4) is 0 Å². The van der Waals surface area contributed by atoms with E-state index in [1.54, 1.807) is 0 Å². The van der Waals surface area contributed by atoms with Crippen LogP contribution in [0.5, 0.6) is 0 Å². The molecule has 1 amide bonds. The van der Waals surface area contributed by atoms with Gasteiger partial charge in [0.1, 0.15) is 5.82 Å². The Balaban J connectivity index is 2.23. The zero-order valence-corrected chi connectivity index (χ0v) is 12.8. The molecule has 0 spiro atoms. The molecule has 1 atom stereocenters. The Kier molecular flexibility index (Phi) is 4.75. The highest BCUT2D eigenvalue weighted by molar-refractivity contribution is 9.10. The summed E-state index contributed by atoms with van der Waals surface area (Å²) in [4.78, 5) is 12.5. The van der Waals surface area contributed by atoms with Crippen LogP contribution >= 0.6 is 15.9 Å². The summed E-state index contributed by atoms with van der Waals surface area (Å²) >= 11 is 3.08. The predicted octanol–water partition coefficient (Wildman–Crippen LogP) is 3.45. The van der Waals surface area contributed by atoms with E-state index in [0.717, 1.165) is 31.5 Å². The van der Waals surface area contributed by atoms with Crippen molar-refractivity contribution in [1.29, 1.82) is 0 Å². The number of anilines is 1. The molecule has 2 N–H and O–H groups in total. The Hall–Kier alpha value is -1.01. The van der Waals surface area contributed by atoms with Gasteiger partial charge in [0.2, 0.25) is 5.91 Å². The average molecular weight is 347 g/mol. The molecule has 0 bridgehead atoms. The minimum atomic E-state index is -0.778. The van der Waals surface area contributed by atoms with Gasteiger partial charge in [0, 0.05) is 17.1 Å². The third-order valence-corrected chi connectivity index (χ3v) is 4.50. The van der Waals surface area contributed by atoms with Gasteiger partial charge in [-0.1, -0.05) is 6.92 Å². The van der Waals surface area contributed by atoms with E-state index in [1.165, 1.54) is 0 Å². The first-order valence-electron chi connectivity index (χ1n) is 6.65. The van der Waals surface area contributed by atoms with Gasteiger partial charge in [-0.15, -0.1) is 0 Å². The smallest absolute Gasteiger partial charge is 0.231 e. The molecule has 1 aliphatic heterocycles. The molecular weight excluding hydrogens is 330 g/mol. The number of amides is 1. The molecule has 6 heteroatoms. The van der Waals surface area contributed by atoms with Crippen molar-refractivity contribution in [2.45, 2.75) is 26.2 Å². The number of nitrogens with one attached hydrogen (secondary N) is 2. The van der Waals surface area contributed by atoms with Crippen LogP contribution in [0.25, 0.3) is 0 Å².